The molecule has 196 valence electrons. The molecule has 0 aromatic heterocycles. The summed E-state index contributed by atoms with van der Waals surface area (Å²) in [5, 5.41) is 2.98. The Bertz CT molecular complexity index is 1330. The quantitative estimate of drug-likeness (QED) is 0.487. The number of sulfonamides is 1. The summed E-state index contributed by atoms with van der Waals surface area (Å²) in [5.74, 6) is -0.163. The van der Waals surface area contributed by atoms with Crippen LogP contribution in [0.2, 0.25) is 0 Å². The van der Waals surface area contributed by atoms with Crippen molar-refractivity contribution in [3.8, 4) is 0 Å². The first kappa shape index (κ1) is 26.7. The van der Waals surface area contributed by atoms with Gasteiger partial charge < -0.3 is 15.1 Å². The van der Waals surface area contributed by atoms with E-state index in [0.29, 0.717) is 17.8 Å². The lowest BCUT2D eigenvalue weighted by Gasteiger charge is -2.34. The molecule has 4 rings (SSSR count). The molecule has 0 radical (unpaired) electrons. The standard InChI is InChI=1S/C29H36N4O3S/c1-22-5-6-23(2)28(19-22)33(37(4,35)36)21-25-7-11-26(12-8-25)29(34)30-20-24-9-13-27(14-10-24)32-17-15-31(3)16-18-32/h5-14,19H,15-18,20-21H2,1-4H3,(H,30,34). The first-order chi connectivity index (χ1) is 17.6. The van der Waals surface area contributed by atoms with Crippen molar-refractivity contribution in [1.29, 1.82) is 0 Å². The van der Waals surface area contributed by atoms with Crippen LogP contribution < -0.4 is 14.5 Å². The summed E-state index contributed by atoms with van der Waals surface area (Å²) in [6.07, 6.45) is 1.22. The normalized spacial score (nSPS) is 14.4. The van der Waals surface area contributed by atoms with Crippen molar-refractivity contribution in [2.24, 2.45) is 0 Å². The van der Waals surface area contributed by atoms with Crippen molar-refractivity contribution in [2.45, 2.75) is 26.9 Å². The predicted molar refractivity (Wildman–Crippen MR) is 151 cm³/mol. The number of aryl methyl sites for hydroxylation is 2. The Morgan fingerprint density at radius 3 is 2.14 bits per heavy atom. The zero-order chi connectivity index (χ0) is 26.6. The molecule has 0 spiro atoms. The lowest BCUT2D eigenvalue weighted by molar-refractivity contribution is 0.0951. The van der Waals surface area contributed by atoms with Crippen LogP contribution in [0.25, 0.3) is 0 Å². The van der Waals surface area contributed by atoms with Crippen molar-refractivity contribution in [1.82, 2.24) is 10.2 Å². The van der Waals surface area contributed by atoms with Gasteiger partial charge in [-0.15, -0.1) is 0 Å². The molecule has 7 nitrogen and oxygen atoms in total. The highest BCUT2D eigenvalue weighted by molar-refractivity contribution is 7.92. The van der Waals surface area contributed by atoms with Crippen molar-refractivity contribution in [3.63, 3.8) is 0 Å². The first-order valence-corrected chi connectivity index (χ1v) is 14.4. The van der Waals surface area contributed by atoms with Gasteiger partial charge in [0.15, 0.2) is 0 Å². The summed E-state index contributed by atoms with van der Waals surface area (Å²) in [6, 6.07) is 21.2. The van der Waals surface area contributed by atoms with Crippen LogP contribution in [0, 0.1) is 13.8 Å². The molecule has 1 saturated heterocycles. The highest BCUT2D eigenvalue weighted by atomic mass is 32.2. The van der Waals surface area contributed by atoms with Gasteiger partial charge in [-0.3, -0.25) is 9.10 Å². The summed E-state index contributed by atoms with van der Waals surface area (Å²) in [6.45, 7) is 8.66. The average Bonchev–Trinajstić information content (AvgIpc) is 2.88. The largest absolute Gasteiger partial charge is 0.369 e. The van der Waals surface area contributed by atoms with E-state index in [1.165, 1.54) is 16.2 Å². The number of hydrogen-bond donors (Lipinski definition) is 1. The van der Waals surface area contributed by atoms with E-state index in [1.807, 2.05) is 44.2 Å². The van der Waals surface area contributed by atoms with E-state index in [0.717, 1.165) is 48.4 Å². The number of benzene rings is 3. The Hall–Kier alpha value is -3.36. The van der Waals surface area contributed by atoms with Crippen LogP contribution in [0.4, 0.5) is 11.4 Å². The van der Waals surface area contributed by atoms with Crippen LogP contribution in [-0.2, 0) is 23.1 Å². The maximum atomic E-state index is 12.7. The minimum absolute atomic E-state index is 0.163. The summed E-state index contributed by atoms with van der Waals surface area (Å²) in [5.41, 5.74) is 6.16. The molecule has 0 atom stereocenters. The van der Waals surface area contributed by atoms with Crippen LogP contribution >= 0.6 is 0 Å². The van der Waals surface area contributed by atoms with Crippen molar-refractivity contribution in [2.75, 3.05) is 48.7 Å². The van der Waals surface area contributed by atoms with Gasteiger partial charge in [-0.05, 0) is 73.5 Å². The maximum absolute atomic E-state index is 12.7. The first-order valence-electron chi connectivity index (χ1n) is 12.5. The Morgan fingerprint density at radius 2 is 1.51 bits per heavy atom. The van der Waals surface area contributed by atoms with Crippen molar-refractivity contribution >= 4 is 27.3 Å². The number of nitrogens with zero attached hydrogens (tertiary/aromatic N) is 3. The molecule has 0 aliphatic carbocycles. The van der Waals surface area contributed by atoms with E-state index >= 15 is 0 Å². The molecule has 37 heavy (non-hydrogen) atoms. The lowest BCUT2D eigenvalue weighted by Crippen LogP contribution is -2.44. The average molecular weight is 521 g/mol. The summed E-state index contributed by atoms with van der Waals surface area (Å²) < 4.78 is 26.6. The third kappa shape index (κ3) is 6.90. The second-order valence-electron chi connectivity index (χ2n) is 9.90. The van der Waals surface area contributed by atoms with Gasteiger partial charge in [-0.1, -0.05) is 36.4 Å². The molecule has 3 aromatic carbocycles. The molecule has 1 aliphatic rings. The number of carbonyl (C=O) groups excluding carboxylic acids is 1. The van der Waals surface area contributed by atoms with E-state index in [2.05, 4.69) is 46.4 Å². The topological polar surface area (TPSA) is 73.0 Å². The van der Waals surface area contributed by atoms with E-state index in [9.17, 15) is 13.2 Å². The van der Waals surface area contributed by atoms with E-state index in [-0.39, 0.29) is 12.5 Å². The number of piperazine rings is 1. The van der Waals surface area contributed by atoms with Crippen molar-refractivity contribution < 1.29 is 13.2 Å². The minimum Gasteiger partial charge on any atom is -0.369 e. The third-order valence-electron chi connectivity index (χ3n) is 6.83. The second-order valence-corrected chi connectivity index (χ2v) is 11.8. The molecular formula is C29H36N4O3S. The molecule has 1 heterocycles. The van der Waals surface area contributed by atoms with Crippen molar-refractivity contribution in [3.05, 3.63) is 94.5 Å². The Labute approximate surface area is 220 Å². The van der Waals surface area contributed by atoms with Gasteiger partial charge >= 0.3 is 0 Å². The monoisotopic (exact) mass is 520 g/mol. The number of anilines is 2. The van der Waals surface area contributed by atoms with Crippen LogP contribution in [0.1, 0.15) is 32.6 Å². The summed E-state index contributed by atoms with van der Waals surface area (Å²) in [4.78, 5) is 17.4. The minimum atomic E-state index is -3.49. The second kappa shape index (κ2) is 11.4. The predicted octanol–water partition coefficient (Wildman–Crippen LogP) is 3.95. The molecule has 0 saturated carbocycles. The molecule has 1 N–H and O–H groups in total. The lowest BCUT2D eigenvalue weighted by atomic mass is 10.1. The number of likely N-dealkylation sites (N-methyl/N-ethyl adjacent to an activating group) is 1. The number of rotatable bonds is 8. The van der Waals surface area contributed by atoms with E-state index in [4.69, 9.17) is 0 Å². The van der Waals surface area contributed by atoms with Gasteiger partial charge in [0.05, 0.1) is 18.5 Å². The fraction of sp³-hybridized carbons (Fsp3) is 0.345. The Morgan fingerprint density at radius 1 is 0.892 bits per heavy atom. The zero-order valence-corrected chi connectivity index (χ0v) is 22.9. The Balaban J connectivity index is 1.36. The van der Waals surface area contributed by atoms with Gasteiger partial charge in [0.25, 0.3) is 5.91 Å². The van der Waals surface area contributed by atoms with Crippen LogP contribution in [0.3, 0.4) is 0 Å². The maximum Gasteiger partial charge on any atom is 0.251 e. The number of nitrogens with one attached hydrogen (secondary N) is 1. The van der Waals surface area contributed by atoms with Gasteiger partial charge in [-0.25, -0.2) is 8.42 Å². The molecule has 0 bridgehead atoms. The SMILES string of the molecule is Cc1ccc(C)c(N(Cc2ccc(C(=O)NCc3ccc(N4CCN(C)CC4)cc3)cc2)S(C)(=O)=O)c1. The van der Waals surface area contributed by atoms with Crippen LogP contribution in [0.5, 0.6) is 0 Å². The van der Waals surface area contributed by atoms with Gasteiger partial charge in [0.1, 0.15) is 0 Å². The fourth-order valence-electron chi connectivity index (χ4n) is 4.47. The summed E-state index contributed by atoms with van der Waals surface area (Å²) >= 11 is 0. The fourth-order valence-corrected chi connectivity index (χ4v) is 5.41. The highest BCUT2D eigenvalue weighted by Gasteiger charge is 2.20. The van der Waals surface area contributed by atoms with E-state index in [1.54, 1.807) is 12.1 Å². The van der Waals surface area contributed by atoms with Gasteiger partial charge in [0, 0.05) is 44.0 Å². The molecule has 1 aliphatic heterocycles. The number of carbonyl (C=O) groups is 1. The third-order valence-corrected chi connectivity index (χ3v) is 7.96. The van der Waals surface area contributed by atoms with Crippen LogP contribution in [-0.4, -0.2) is 58.7 Å². The van der Waals surface area contributed by atoms with E-state index < -0.39 is 10.0 Å². The Kier molecular flexibility index (Phi) is 8.19. The molecule has 1 fully saturated rings. The molecule has 3 aromatic rings. The van der Waals surface area contributed by atoms with Crippen LogP contribution in [0.15, 0.2) is 66.7 Å². The smallest absolute Gasteiger partial charge is 0.251 e. The van der Waals surface area contributed by atoms with Gasteiger partial charge in [-0.2, -0.15) is 0 Å². The molecular weight excluding hydrogens is 484 g/mol. The zero-order valence-electron chi connectivity index (χ0n) is 22.1. The highest BCUT2D eigenvalue weighted by Crippen LogP contribution is 2.26. The molecule has 0 unspecified atom stereocenters. The number of hydrogen-bond acceptors (Lipinski definition) is 5. The summed E-state index contributed by atoms with van der Waals surface area (Å²) in [7, 11) is -1.34. The van der Waals surface area contributed by atoms with Gasteiger partial charge in [0.2, 0.25) is 10.0 Å². The molecule has 8 heteroatoms. The number of amides is 1. The molecule has 1 amide bonds.